The van der Waals surface area contributed by atoms with Crippen LogP contribution >= 0.6 is 15.9 Å². The summed E-state index contributed by atoms with van der Waals surface area (Å²) in [5.74, 6) is -1.66. The van der Waals surface area contributed by atoms with E-state index in [0.717, 1.165) is 22.9 Å². The zero-order chi connectivity index (χ0) is 14.5. The molecule has 0 saturated heterocycles. The highest BCUT2D eigenvalue weighted by atomic mass is 79.9. The molecule has 0 spiro atoms. The Morgan fingerprint density at radius 1 is 0.850 bits per heavy atom. The van der Waals surface area contributed by atoms with E-state index in [1.807, 2.05) is 12.1 Å². The molecule has 0 heterocycles. The van der Waals surface area contributed by atoms with Crippen molar-refractivity contribution < 1.29 is 8.78 Å². The van der Waals surface area contributed by atoms with Gasteiger partial charge in [-0.1, -0.05) is 65.7 Å². The second kappa shape index (κ2) is 6.80. The van der Waals surface area contributed by atoms with Gasteiger partial charge in [0, 0.05) is 15.6 Å². The van der Waals surface area contributed by atoms with Crippen molar-refractivity contribution in [3.05, 3.63) is 69.7 Å². The third-order valence-corrected chi connectivity index (χ3v) is 3.57. The molecule has 0 aliphatic heterocycles. The van der Waals surface area contributed by atoms with Gasteiger partial charge in [-0.15, -0.1) is 0 Å². The molecule has 0 bridgehead atoms. The largest absolute Gasteiger partial charge is 0.203 e. The molecule has 2 aromatic carbocycles. The van der Waals surface area contributed by atoms with Crippen molar-refractivity contribution in [2.45, 2.75) is 19.8 Å². The van der Waals surface area contributed by atoms with Crippen molar-refractivity contribution in [2.24, 2.45) is 0 Å². The van der Waals surface area contributed by atoms with Gasteiger partial charge in [-0.3, -0.25) is 0 Å². The molecule has 0 aliphatic carbocycles. The van der Waals surface area contributed by atoms with Crippen molar-refractivity contribution in [3.8, 4) is 0 Å². The first-order valence-corrected chi connectivity index (χ1v) is 7.31. The van der Waals surface area contributed by atoms with Crippen LogP contribution in [-0.2, 0) is 6.42 Å². The SMILES string of the molecule is CCCc1ccc(C(F)=C(F)c2ccc(Br)cc2)cc1. The maximum absolute atomic E-state index is 14.1. The third kappa shape index (κ3) is 3.54. The van der Waals surface area contributed by atoms with Crippen LogP contribution in [0.1, 0.15) is 30.0 Å². The number of hydrogen-bond acceptors (Lipinski definition) is 0. The molecular formula is C17H15BrF2. The molecule has 0 radical (unpaired) electrons. The summed E-state index contributed by atoms with van der Waals surface area (Å²) in [6, 6.07) is 13.4. The van der Waals surface area contributed by atoms with E-state index in [4.69, 9.17) is 0 Å². The highest BCUT2D eigenvalue weighted by molar-refractivity contribution is 9.10. The molecule has 104 valence electrons. The van der Waals surface area contributed by atoms with Gasteiger partial charge < -0.3 is 0 Å². The molecular weight excluding hydrogens is 322 g/mol. The summed E-state index contributed by atoms with van der Waals surface area (Å²) in [6.45, 7) is 2.08. The molecule has 0 atom stereocenters. The number of aryl methyl sites for hydroxylation is 1. The van der Waals surface area contributed by atoms with Crippen molar-refractivity contribution in [1.82, 2.24) is 0 Å². The minimum Gasteiger partial charge on any atom is -0.203 e. The van der Waals surface area contributed by atoms with Crippen LogP contribution in [0.5, 0.6) is 0 Å². The molecule has 0 unspecified atom stereocenters. The normalized spacial score (nSPS) is 12.2. The van der Waals surface area contributed by atoms with Gasteiger partial charge in [-0.25, -0.2) is 8.78 Å². The van der Waals surface area contributed by atoms with Gasteiger partial charge >= 0.3 is 0 Å². The second-order valence-electron chi connectivity index (χ2n) is 4.58. The van der Waals surface area contributed by atoms with E-state index in [9.17, 15) is 8.78 Å². The van der Waals surface area contributed by atoms with E-state index in [1.165, 1.54) is 0 Å². The van der Waals surface area contributed by atoms with E-state index in [-0.39, 0.29) is 11.1 Å². The maximum atomic E-state index is 14.1. The van der Waals surface area contributed by atoms with Crippen molar-refractivity contribution in [2.75, 3.05) is 0 Å². The van der Waals surface area contributed by atoms with Gasteiger partial charge in [0.15, 0.2) is 11.7 Å². The smallest absolute Gasteiger partial charge is 0.166 e. The van der Waals surface area contributed by atoms with Gasteiger partial charge in [0.2, 0.25) is 0 Å². The van der Waals surface area contributed by atoms with Crippen LogP contribution in [0.25, 0.3) is 11.7 Å². The average Bonchev–Trinajstić information content (AvgIpc) is 2.48. The number of benzene rings is 2. The summed E-state index contributed by atoms with van der Waals surface area (Å²) < 4.78 is 29.0. The zero-order valence-corrected chi connectivity index (χ0v) is 12.8. The summed E-state index contributed by atoms with van der Waals surface area (Å²) in [4.78, 5) is 0. The lowest BCUT2D eigenvalue weighted by Gasteiger charge is -2.04. The van der Waals surface area contributed by atoms with Crippen LogP contribution in [0.4, 0.5) is 8.78 Å². The third-order valence-electron chi connectivity index (χ3n) is 3.04. The Morgan fingerprint density at radius 2 is 1.30 bits per heavy atom. The summed E-state index contributed by atoms with van der Waals surface area (Å²) in [5, 5.41) is 0. The molecule has 0 fully saturated rings. The van der Waals surface area contributed by atoms with E-state index in [1.54, 1.807) is 36.4 Å². The number of hydrogen-bond donors (Lipinski definition) is 0. The highest BCUT2D eigenvalue weighted by Gasteiger charge is 2.11. The molecule has 2 rings (SSSR count). The monoisotopic (exact) mass is 336 g/mol. The average molecular weight is 337 g/mol. The van der Waals surface area contributed by atoms with Gasteiger partial charge in [-0.05, 0) is 24.1 Å². The topological polar surface area (TPSA) is 0 Å². The Labute approximate surface area is 126 Å². The molecule has 0 aromatic heterocycles. The lowest BCUT2D eigenvalue weighted by molar-refractivity contribution is 0.700. The molecule has 20 heavy (non-hydrogen) atoms. The van der Waals surface area contributed by atoms with Gasteiger partial charge in [0.05, 0.1) is 0 Å². The Bertz CT molecular complexity index is 598. The summed E-state index contributed by atoms with van der Waals surface area (Å²) in [7, 11) is 0. The predicted octanol–water partition coefficient (Wildman–Crippen LogP) is 6.17. The van der Waals surface area contributed by atoms with E-state index in [2.05, 4.69) is 22.9 Å². The number of rotatable bonds is 4. The van der Waals surface area contributed by atoms with Crippen molar-refractivity contribution in [3.63, 3.8) is 0 Å². The van der Waals surface area contributed by atoms with Crippen molar-refractivity contribution >= 4 is 27.6 Å². The molecule has 0 amide bonds. The summed E-state index contributed by atoms with van der Waals surface area (Å²) in [5.41, 5.74) is 1.64. The molecule has 2 aromatic rings. The fourth-order valence-corrected chi connectivity index (χ4v) is 2.22. The molecule has 0 nitrogen and oxygen atoms in total. The minimum atomic E-state index is -0.833. The zero-order valence-electron chi connectivity index (χ0n) is 11.2. The van der Waals surface area contributed by atoms with Crippen LogP contribution in [0.2, 0.25) is 0 Å². The molecule has 0 saturated carbocycles. The van der Waals surface area contributed by atoms with Crippen LogP contribution < -0.4 is 0 Å². The lowest BCUT2D eigenvalue weighted by atomic mass is 10.1. The first kappa shape index (κ1) is 14.9. The first-order chi connectivity index (χ1) is 9.61. The van der Waals surface area contributed by atoms with Crippen LogP contribution in [0, 0.1) is 0 Å². The molecule has 0 aliphatic rings. The first-order valence-electron chi connectivity index (χ1n) is 6.52. The van der Waals surface area contributed by atoms with Gasteiger partial charge in [-0.2, -0.15) is 0 Å². The number of halogens is 3. The maximum Gasteiger partial charge on any atom is 0.166 e. The standard InChI is InChI=1S/C17H15BrF2/c1-2-3-12-4-6-13(7-5-12)16(19)17(20)14-8-10-15(18)11-9-14/h4-11H,2-3H2,1H3. The quantitative estimate of drug-likeness (QED) is 0.586. The van der Waals surface area contributed by atoms with Crippen molar-refractivity contribution in [1.29, 1.82) is 0 Å². The fourth-order valence-electron chi connectivity index (χ4n) is 1.96. The van der Waals surface area contributed by atoms with E-state index >= 15 is 0 Å². The summed E-state index contributed by atoms with van der Waals surface area (Å²) in [6.07, 6.45) is 1.98. The van der Waals surface area contributed by atoms with Gasteiger partial charge in [0.25, 0.3) is 0 Å². The van der Waals surface area contributed by atoms with E-state index in [0.29, 0.717) is 0 Å². The minimum absolute atomic E-state index is 0.239. The van der Waals surface area contributed by atoms with Crippen LogP contribution in [0.15, 0.2) is 53.0 Å². The Morgan fingerprint density at radius 3 is 1.75 bits per heavy atom. The predicted molar refractivity (Wildman–Crippen MR) is 83.6 cm³/mol. The Hall–Kier alpha value is -1.48. The molecule has 0 N–H and O–H groups in total. The fraction of sp³-hybridized carbons (Fsp3) is 0.176. The van der Waals surface area contributed by atoms with Gasteiger partial charge in [0.1, 0.15) is 0 Å². The highest BCUT2D eigenvalue weighted by Crippen LogP contribution is 2.29. The Balaban J connectivity index is 2.30. The molecule has 3 heteroatoms. The van der Waals surface area contributed by atoms with Crippen LogP contribution in [0.3, 0.4) is 0 Å². The second-order valence-corrected chi connectivity index (χ2v) is 5.50. The van der Waals surface area contributed by atoms with E-state index < -0.39 is 11.7 Å². The summed E-state index contributed by atoms with van der Waals surface area (Å²) >= 11 is 3.27. The van der Waals surface area contributed by atoms with Crippen LogP contribution in [-0.4, -0.2) is 0 Å². The lowest BCUT2D eigenvalue weighted by Crippen LogP contribution is -1.87. The Kier molecular flexibility index (Phi) is 5.07.